The van der Waals surface area contributed by atoms with Crippen molar-refractivity contribution in [2.75, 3.05) is 18.6 Å². The fourth-order valence-corrected chi connectivity index (χ4v) is 5.96. The van der Waals surface area contributed by atoms with Gasteiger partial charge in [-0.25, -0.2) is 14.0 Å². The van der Waals surface area contributed by atoms with Gasteiger partial charge in [-0.3, -0.25) is 14.5 Å². The summed E-state index contributed by atoms with van der Waals surface area (Å²) in [7, 11) is 1.28. The molecule has 14 heteroatoms. The highest BCUT2D eigenvalue weighted by molar-refractivity contribution is 8.00. The molecule has 2 atom stereocenters. The van der Waals surface area contributed by atoms with Gasteiger partial charge in [-0.1, -0.05) is 11.2 Å². The number of nitrogen functional groups attached to an aromatic ring is 1. The number of pyridine rings is 1. The Morgan fingerprint density at radius 1 is 1.40 bits per heavy atom. The van der Waals surface area contributed by atoms with E-state index in [4.69, 9.17) is 10.6 Å². The molecule has 2 aliphatic rings. The number of imidazole rings is 1. The predicted molar refractivity (Wildman–Crippen MR) is 125 cm³/mol. The predicted octanol–water partition coefficient (Wildman–Crippen LogP) is -1.28. The molecule has 180 valence electrons. The Labute approximate surface area is 206 Å². The van der Waals surface area contributed by atoms with Gasteiger partial charge in [-0.15, -0.1) is 23.1 Å². The second-order valence-electron chi connectivity index (χ2n) is 7.69. The zero-order chi connectivity index (χ0) is 24.7. The lowest BCUT2D eigenvalue weighted by atomic mass is 10.0. The van der Waals surface area contributed by atoms with Crippen LogP contribution in [0.2, 0.25) is 0 Å². The number of nitrogens with zero attached hydrogens (tertiary/aromatic N) is 5. The summed E-state index contributed by atoms with van der Waals surface area (Å²) in [4.78, 5) is 47.9. The highest BCUT2D eigenvalue weighted by Crippen LogP contribution is 2.40. The normalized spacial score (nSPS) is 20.0. The number of anilines is 1. The van der Waals surface area contributed by atoms with Crippen LogP contribution in [0.5, 0.6) is 0 Å². The van der Waals surface area contributed by atoms with Crippen molar-refractivity contribution in [3.8, 4) is 0 Å². The summed E-state index contributed by atoms with van der Waals surface area (Å²) in [5, 5.41) is 19.6. The SMILES string of the molecule is CO/N=C(\C(=O)N[C@@H]1C(=O)N2C(C(=O)[O-])=C(C[n+]3ccn4ccccc43)CS[C@H]12)c1csc(N)n1. The molecule has 0 unspecified atom stereocenters. The van der Waals surface area contributed by atoms with Crippen LogP contribution in [0.4, 0.5) is 5.13 Å². The molecule has 0 aliphatic carbocycles. The number of thiazole rings is 1. The highest BCUT2D eigenvalue weighted by atomic mass is 32.2. The average Bonchev–Trinajstić information content (AvgIpc) is 3.46. The number of nitrogens with one attached hydrogen (secondary N) is 1. The Morgan fingerprint density at radius 2 is 2.23 bits per heavy atom. The maximum atomic E-state index is 13.0. The molecule has 0 radical (unpaired) electrons. The molecule has 2 amide bonds. The molecule has 35 heavy (non-hydrogen) atoms. The summed E-state index contributed by atoms with van der Waals surface area (Å²) in [6, 6.07) is 4.75. The van der Waals surface area contributed by atoms with Crippen LogP contribution in [0.25, 0.3) is 5.65 Å². The number of aromatic nitrogens is 3. The topological polar surface area (TPSA) is 158 Å². The van der Waals surface area contributed by atoms with E-state index in [-0.39, 0.29) is 28.8 Å². The fourth-order valence-electron chi connectivity index (χ4n) is 4.08. The maximum Gasteiger partial charge on any atom is 0.286 e. The summed E-state index contributed by atoms with van der Waals surface area (Å²) >= 11 is 2.49. The van der Waals surface area contributed by atoms with Crippen LogP contribution in [0.1, 0.15) is 5.69 Å². The third kappa shape index (κ3) is 4.00. The average molecular weight is 514 g/mol. The van der Waals surface area contributed by atoms with E-state index >= 15 is 0 Å². The Hall–Kier alpha value is -3.91. The van der Waals surface area contributed by atoms with Gasteiger partial charge in [0.2, 0.25) is 0 Å². The van der Waals surface area contributed by atoms with Crippen molar-refractivity contribution in [2.24, 2.45) is 5.16 Å². The van der Waals surface area contributed by atoms with Gasteiger partial charge in [0.1, 0.15) is 43.2 Å². The lowest BCUT2D eigenvalue weighted by molar-refractivity contribution is -0.662. The van der Waals surface area contributed by atoms with Crippen LogP contribution in [0, 0.1) is 0 Å². The number of hydrogen-bond acceptors (Lipinski definition) is 10. The van der Waals surface area contributed by atoms with Crippen molar-refractivity contribution in [3.05, 3.63) is 59.1 Å². The number of nitrogens with two attached hydrogens (primary N) is 1. The lowest BCUT2D eigenvalue weighted by Gasteiger charge is -2.50. The molecule has 0 saturated carbocycles. The molecule has 0 bridgehead atoms. The van der Waals surface area contributed by atoms with E-state index in [1.807, 2.05) is 45.8 Å². The largest absolute Gasteiger partial charge is 0.543 e. The lowest BCUT2D eigenvalue weighted by Crippen LogP contribution is -2.71. The van der Waals surface area contributed by atoms with Crippen molar-refractivity contribution >= 4 is 57.4 Å². The summed E-state index contributed by atoms with van der Waals surface area (Å²) in [6.07, 6.45) is 5.59. The number of aliphatic carboxylic acids is 1. The molecule has 5 rings (SSSR count). The first kappa shape index (κ1) is 22.9. The van der Waals surface area contributed by atoms with Gasteiger partial charge in [0.15, 0.2) is 10.8 Å². The van der Waals surface area contributed by atoms with E-state index in [9.17, 15) is 19.5 Å². The molecule has 0 spiro atoms. The number of thioether (sulfide) groups is 1. The Balaban J connectivity index is 1.37. The van der Waals surface area contributed by atoms with Gasteiger partial charge >= 0.3 is 0 Å². The smallest absolute Gasteiger partial charge is 0.286 e. The number of fused-ring (bicyclic) bond motifs is 2. The minimum atomic E-state index is -1.44. The van der Waals surface area contributed by atoms with Gasteiger partial charge in [0, 0.05) is 22.8 Å². The van der Waals surface area contributed by atoms with Crippen LogP contribution in [-0.4, -0.2) is 62.1 Å². The maximum absolute atomic E-state index is 13.0. The molecule has 0 aromatic carbocycles. The zero-order valence-corrected chi connectivity index (χ0v) is 19.9. The molecule has 1 fully saturated rings. The first-order valence-electron chi connectivity index (χ1n) is 10.4. The van der Waals surface area contributed by atoms with E-state index in [1.165, 1.54) is 23.8 Å². The second kappa shape index (κ2) is 9.03. The molecule has 12 nitrogen and oxygen atoms in total. The standard InChI is InChI=1S/C21H19N7O5S2/c1-33-25-14(12-10-35-21(22)23-12)17(29)24-15-18(30)28-16(20(31)32)11(9-34-19(15)28)8-27-7-6-26-5-3-2-4-13(26)27/h2-7,10,15,19H,8-9H2,1H3,(H3-,22,23,24,29,31,32)/b25-14-/t15-,19-/m1/s1. The summed E-state index contributed by atoms with van der Waals surface area (Å²) in [6.45, 7) is 0.278. The number of carboxylic acids is 1. The van der Waals surface area contributed by atoms with Crippen molar-refractivity contribution < 1.29 is 28.9 Å². The van der Waals surface area contributed by atoms with E-state index in [0.29, 0.717) is 11.3 Å². The number of carbonyl (C=O) groups excluding carboxylic acids is 3. The molecule has 3 N–H and O–H groups in total. The van der Waals surface area contributed by atoms with Gasteiger partial charge in [-0.05, 0) is 6.07 Å². The molecule has 3 aromatic heterocycles. The number of carboxylic acid groups (broad SMARTS) is 1. The van der Waals surface area contributed by atoms with Crippen molar-refractivity contribution in [3.63, 3.8) is 0 Å². The van der Waals surface area contributed by atoms with E-state index in [0.717, 1.165) is 17.0 Å². The number of rotatable bonds is 7. The summed E-state index contributed by atoms with van der Waals surface area (Å²) < 4.78 is 3.81. The van der Waals surface area contributed by atoms with Crippen LogP contribution < -0.4 is 20.7 Å². The van der Waals surface area contributed by atoms with Crippen LogP contribution in [-0.2, 0) is 25.8 Å². The Morgan fingerprint density at radius 3 is 2.94 bits per heavy atom. The third-order valence-electron chi connectivity index (χ3n) is 5.62. The molecular weight excluding hydrogens is 494 g/mol. The fraction of sp³-hybridized carbons (Fsp3) is 0.238. The molecule has 2 aliphatic heterocycles. The van der Waals surface area contributed by atoms with Gasteiger partial charge in [0.25, 0.3) is 17.5 Å². The Kier molecular flexibility index (Phi) is 5.90. The molecule has 3 aromatic rings. The number of β-lactam (4-membered cyclic amide) rings is 1. The number of hydrogen-bond donors (Lipinski definition) is 2. The minimum absolute atomic E-state index is 0.138. The summed E-state index contributed by atoms with van der Waals surface area (Å²) in [5.41, 5.74) is 6.97. The van der Waals surface area contributed by atoms with Crippen molar-refractivity contribution in [1.29, 1.82) is 0 Å². The van der Waals surface area contributed by atoms with Gasteiger partial charge < -0.3 is 25.8 Å². The summed E-state index contributed by atoms with van der Waals surface area (Å²) in [5.74, 6) is -2.32. The zero-order valence-electron chi connectivity index (χ0n) is 18.3. The number of oxime groups is 1. The van der Waals surface area contributed by atoms with Crippen LogP contribution >= 0.6 is 23.1 Å². The molecular formula is C21H19N7O5S2. The minimum Gasteiger partial charge on any atom is -0.543 e. The van der Waals surface area contributed by atoms with Crippen LogP contribution in [0.15, 0.2) is 58.6 Å². The Bertz CT molecular complexity index is 1410. The van der Waals surface area contributed by atoms with Crippen LogP contribution in [0.3, 0.4) is 0 Å². The number of carbonyl (C=O) groups is 3. The van der Waals surface area contributed by atoms with E-state index in [2.05, 4.69) is 15.5 Å². The van der Waals surface area contributed by atoms with E-state index in [1.54, 1.807) is 5.38 Å². The molecule has 1 saturated heterocycles. The monoisotopic (exact) mass is 513 g/mol. The van der Waals surface area contributed by atoms with Crippen molar-refractivity contribution in [1.82, 2.24) is 19.6 Å². The first-order chi connectivity index (χ1) is 16.9. The third-order valence-corrected chi connectivity index (χ3v) is 7.63. The number of amides is 2. The first-order valence-corrected chi connectivity index (χ1v) is 12.3. The molecule has 5 heterocycles. The van der Waals surface area contributed by atoms with Gasteiger partial charge in [-0.2, -0.15) is 0 Å². The second-order valence-corrected chi connectivity index (χ2v) is 9.68. The quantitative estimate of drug-likeness (QED) is 0.171. The van der Waals surface area contributed by atoms with Crippen molar-refractivity contribution in [2.45, 2.75) is 18.0 Å². The highest BCUT2D eigenvalue weighted by Gasteiger charge is 2.53. The van der Waals surface area contributed by atoms with Gasteiger partial charge in [0.05, 0.1) is 17.9 Å². The van der Waals surface area contributed by atoms with E-state index < -0.39 is 29.2 Å².